The number of aliphatic hydroxyl groups excluding tert-OH is 1. The van der Waals surface area contributed by atoms with E-state index >= 15 is 0 Å². The average molecular weight is 375 g/mol. The number of nitrogens with one attached hydrogen (secondary N) is 1. The Balaban J connectivity index is 1.93. The molecule has 1 aromatic carbocycles. The second-order valence-corrected chi connectivity index (χ2v) is 6.51. The van der Waals surface area contributed by atoms with Crippen molar-refractivity contribution in [3.63, 3.8) is 0 Å². The molecule has 0 saturated carbocycles. The molecule has 1 aliphatic rings. The predicted octanol–water partition coefficient (Wildman–Crippen LogP) is 3.18. The number of aryl methyl sites for hydroxylation is 1. The van der Waals surface area contributed by atoms with E-state index in [1.54, 1.807) is 0 Å². The Hall–Kier alpha value is -2.81. The van der Waals surface area contributed by atoms with Gasteiger partial charge in [0.05, 0.1) is 17.6 Å². The van der Waals surface area contributed by atoms with Crippen molar-refractivity contribution in [3.05, 3.63) is 45.9 Å². The second kappa shape index (κ2) is 8.26. The third-order valence-electron chi connectivity index (χ3n) is 4.55. The van der Waals surface area contributed by atoms with Gasteiger partial charge >= 0.3 is 5.69 Å². The van der Waals surface area contributed by atoms with E-state index in [1.165, 1.54) is 6.07 Å². The highest BCUT2D eigenvalue weighted by Crippen LogP contribution is 2.27. The number of halogens is 1. The Kier molecular flexibility index (Phi) is 5.80. The number of aliphatic hydroxyl groups is 1. The molecule has 1 saturated heterocycles. The molecule has 0 spiro atoms. The number of hydrogen-bond acceptors (Lipinski definition) is 7. The molecule has 27 heavy (non-hydrogen) atoms. The molecular weight excluding hydrogens is 353 g/mol. The summed E-state index contributed by atoms with van der Waals surface area (Å²) >= 11 is 0. The van der Waals surface area contributed by atoms with Crippen LogP contribution in [0.15, 0.2) is 24.3 Å². The van der Waals surface area contributed by atoms with Crippen LogP contribution >= 0.6 is 0 Å². The van der Waals surface area contributed by atoms with Crippen molar-refractivity contribution in [2.45, 2.75) is 38.6 Å². The van der Waals surface area contributed by atoms with E-state index in [0.717, 1.165) is 50.1 Å². The van der Waals surface area contributed by atoms with Crippen molar-refractivity contribution in [1.29, 1.82) is 0 Å². The summed E-state index contributed by atoms with van der Waals surface area (Å²) in [5.41, 5.74) is 0.567. The fourth-order valence-electron chi connectivity index (χ4n) is 3.26. The van der Waals surface area contributed by atoms with Gasteiger partial charge in [0.1, 0.15) is 5.82 Å². The summed E-state index contributed by atoms with van der Waals surface area (Å²) < 4.78 is 13.5. The van der Waals surface area contributed by atoms with E-state index in [4.69, 9.17) is 0 Å². The van der Waals surface area contributed by atoms with Crippen molar-refractivity contribution in [2.75, 3.05) is 23.4 Å². The van der Waals surface area contributed by atoms with Gasteiger partial charge in [0.2, 0.25) is 11.8 Å². The summed E-state index contributed by atoms with van der Waals surface area (Å²) in [7, 11) is 0. The number of hydrogen-bond donors (Lipinski definition) is 2. The van der Waals surface area contributed by atoms with Crippen LogP contribution in [0, 0.1) is 15.9 Å². The van der Waals surface area contributed by atoms with Gasteiger partial charge in [-0.1, -0.05) is 13.3 Å². The van der Waals surface area contributed by atoms with Crippen LogP contribution in [0.1, 0.15) is 31.9 Å². The molecular formula is C18H22FN5O3. The standard InChI is InChI=1S/C18H22FN5O3/c1-2-4-12-10-17(23-8-3-5-14(23)11-25)22-18(20-12)21-13-6-7-15(19)16(9-13)24(26)27/h6-7,9-10,14,25H,2-5,8,11H2,1H3,(H,20,21,22)/t14-/m0/s1. The maximum absolute atomic E-state index is 13.5. The molecule has 3 rings (SSSR count). The summed E-state index contributed by atoms with van der Waals surface area (Å²) in [6.45, 7) is 2.90. The molecule has 0 bridgehead atoms. The number of nitro benzene ring substituents is 1. The Bertz CT molecular complexity index is 833. The SMILES string of the molecule is CCCc1cc(N2CCC[C@H]2CO)nc(Nc2ccc(F)c([N+](=O)[O-])c2)n1. The minimum atomic E-state index is -0.894. The number of anilines is 3. The van der Waals surface area contributed by atoms with Crippen molar-refractivity contribution in [3.8, 4) is 0 Å². The first-order valence-electron chi connectivity index (χ1n) is 8.98. The summed E-state index contributed by atoms with van der Waals surface area (Å²) in [6, 6.07) is 5.51. The molecule has 2 N–H and O–H groups in total. The van der Waals surface area contributed by atoms with Crippen molar-refractivity contribution < 1.29 is 14.4 Å². The van der Waals surface area contributed by atoms with E-state index < -0.39 is 16.4 Å². The van der Waals surface area contributed by atoms with Crippen LogP contribution in [0.5, 0.6) is 0 Å². The lowest BCUT2D eigenvalue weighted by Crippen LogP contribution is -2.33. The van der Waals surface area contributed by atoms with Crippen LogP contribution in [-0.2, 0) is 6.42 Å². The molecule has 1 aromatic heterocycles. The van der Waals surface area contributed by atoms with Crippen LogP contribution in [0.3, 0.4) is 0 Å². The van der Waals surface area contributed by atoms with Gasteiger partial charge in [-0.3, -0.25) is 10.1 Å². The zero-order chi connectivity index (χ0) is 19.4. The molecule has 8 nitrogen and oxygen atoms in total. The van der Waals surface area contributed by atoms with Gasteiger partial charge in [-0.05, 0) is 31.4 Å². The quantitative estimate of drug-likeness (QED) is 0.566. The molecule has 2 aromatic rings. The summed E-state index contributed by atoms with van der Waals surface area (Å²) in [4.78, 5) is 21.2. The van der Waals surface area contributed by atoms with E-state index in [2.05, 4.69) is 20.2 Å². The number of nitro groups is 1. The van der Waals surface area contributed by atoms with Gasteiger partial charge in [-0.15, -0.1) is 0 Å². The Morgan fingerprint density at radius 1 is 1.41 bits per heavy atom. The van der Waals surface area contributed by atoms with Gasteiger partial charge in [0.25, 0.3) is 0 Å². The Morgan fingerprint density at radius 2 is 2.22 bits per heavy atom. The van der Waals surface area contributed by atoms with Gasteiger partial charge in [0, 0.05) is 30.1 Å². The molecule has 9 heteroatoms. The van der Waals surface area contributed by atoms with Crippen LogP contribution in [-0.4, -0.2) is 39.2 Å². The fourth-order valence-corrected chi connectivity index (χ4v) is 3.26. The largest absolute Gasteiger partial charge is 0.394 e. The van der Waals surface area contributed by atoms with Gasteiger partial charge in [-0.2, -0.15) is 9.37 Å². The minimum absolute atomic E-state index is 0.0223. The molecule has 1 aliphatic heterocycles. The number of aromatic nitrogens is 2. The number of rotatable bonds is 7. The van der Waals surface area contributed by atoms with Gasteiger partial charge in [-0.25, -0.2) is 4.98 Å². The normalized spacial score (nSPS) is 16.6. The van der Waals surface area contributed by atoms with Crippen molar-refractivity contribution in [1.82, 2.24) is 9.97 Å². The fraction of sp³-hybridized carbons (Fsp3) is 0.444. The predicted molar refractivity (Wildman–Crippen MR) is 99.8 cm³/mol. The van der Waals surface area contributed by atoms with E-state index in [9.17, 15) is 19.6 Å². The zero-order valence-electron chi connectivity index (χ0n) is 15.1. The molecule has 0 amide bonds. The van der Waals surface area contributed by atoms with Gasteiger partial charge < -0.3 is 15.3 Å². The van der Waals surface area contributed by atoms with Crippen molar-refractivity contribution >= 4 is 23.1 Å². The van der Waals surface area contributed by atoms with Gasteiger partial charge in [0.15, 0.2) is 0 Å². The van der Waals surface area contributed by atoms with E-state index in [-0.39, 0.29) is 12.6 Å². The second-order valence-electron chi connectivity index (χ2n) is 6.51. The first-order valence-corrected chi connectivity index (χ1v) is 8.98. The maximum atomic E-state index is 13.5. The van der Waals surface area contributed by atoms with Crippen LogP contribution < -0.4 is 10.2 Å². The monoisotopic (exact) mass is 375 g/mol. The highest BCUT2D eigenvalue weighted by molar-refractivity contribution is 5.59. The first-order chi connectivity index (χ1) is 13.0. The lowest BCUT2D eigenvalue weighted by atomic mass is 10.2. The molecule has 1 atom stereocenters. The summed E-state index contributed by atoms with van der Waals surface area (Å²) in [5.74, 6) is 0.110. The van der Waals surface area contributed by atoms with Crippen LogP contribution in [0.4, 0.5) is 27.5 Å². The van der Waals surface area contributed by atoms with Crippen LogP contribution in [0.2, 0.25) is 0 Å². The lowest BCUT2D eigenvalue weighted by Gasteiger charge is -2.25. The number of benzene rings is 1. The first kappa shape index (κ1) is 19.0. The molecule has 2 heterocycles. The molecule has 0 radical (unpaired) electrons. The minimum Gasteiger partial charge on any atom is -0.394 e. The molecule has 0 unspecified atom stereocenters. The van der Waals surface area contributed by atoms with Crippen molar-refractivity contribution in [2.24, 2.45) is 0 Å². The summed E-state index contributed by atoms with van der Waals surface area (Å²) in [6.07, 6.45) is 3.54. The summed E-state index contributed by atoms with van der Waals surface area (Å²) in [5, 5.41) is 23.5. The third kappa shape index (κ3) is 4.30. The molecule has 144 valence electrons. The van der Waals surface area contributed by atoms with Crippen LogP contribution in [0.25, 0.3) is 0 Å². The lowest BCUT2D eigenvalue weighted by molar-refractivity contribution is -0.387. The van der Waals surface area contributed by atoms with E-state index in [0.29, 0.717) is 17.5 Å². The Labute approximate surface area is 156 Å². The third-order valence-corrected chi connectivity index (χ3v) is 4.55. The Morgan fingerprint density at radius 3 is 2.93 bits per heavy atom. The molecule has 0 aliphatic carbocycles. The topological polar surface area (TPSA) is 104 Å². The number of nitrogens with zero attached hydrogens (tertiary/aromatic N) is 4. The smallest absolute Gasteiger partial charge is 0.306 e. The average Bonchev–Trinajstić information content (AvgIpc) is 3.12. The maximum Gasteiger partial charge on any atom is 0.306 e. The molecule has 1 fully saturated rings. The highest BCUT2D eigenvalue weighted by atomic mass is 19.1. The highest BCUT2D eigenvalue weighted by Gasteiger charge is 2.26. The zero-order valence-corrected chi connectivity index (χ0v) is 15.1. The van der Waals surface area contributed by atoms with E-state index in [1.807, 2.05) is 13.0 Å².